The van der Waals surface area contributed by atoms with Gasteiger partial charge in [-0.25, -0.2) is 0 Å². The number of pyridine rings is 1. The molecule has 2 heterocycles. The van der Waals surface area contributed by atoms with Crippen LogP contribution in [-0.2, 0) is 17.7 Å². The Hall–Kier alpha value is -3.10. The SMILES string of the molecule is COCCCNC(=S)N(CCc1ccccc1C)Cc1cc2cc3c(cc2[nH]c1=O)OCCO3. The lowest BCUT2D eigenvalue weighted by Crippen LogP contribution is -2.42. The molecule has 8 heteroatoms. The summed E-state index contributed by atoms with van der Waals surface area (Å²) in [7, 11) is 1.69. The molecule has 0 spiro atoms. The fourth-order valence-electron chi connectivity index (χ4n) is 4.03. The molecule has 4 rings (SSSR count). The van der Waals surface area contributed by atoms with Crippen LogP contribution in [0.3, 0.4) is 0 Å². The number of methoxy groups -OCH3 is 1. The minimum absolute atomic E-state index is 0.132. The number of aryl methyl sites for hydroxylation is 1. The van der Waals surface area contributed by atoms with Crippen molar-refractivity contribution in [2.75, 3.05) is 40.0 Å². The molecule has 0 saturated carbocycles. The Kier molecular flexibility index (Phi) is 8.03. The van der Waals surface area contributed by atoms with Gasteiger partial charge in [-0.2, -0.15) is 0 Å². The highest BCUT2D eigenvalue weighted by molar-refractivity contribution is 7.80. The van der Waals surface area contributed by atoms with Gasteiger partial charge in [0, 0.05) is 43.8 Å². The lowest BCUT2D eigenvalue weighted by molar-refractivity contribution is 0.172. The standard InChI is InChI=1S/C26H31N3O4S/c1-18-6-3-4-7-19(18)8-10-29(26(34)27-9-5-11-31-2)17-21-14-20-15-23-24(33-13-12-32-23)16-22(20)28-25(21)30/h3-4,6-7,14-16H,5,8-13,17H2,1-2H3,(H,27,34)(H,28,30). The van der Waals surface area contributed by atoms with Crippen LogP contribution < -0.4 is 20.3 Å². The third kappa shape index (κ3) is 5.87. The molecule has 0 amide bonds. The van der Waals surface area contributed by atoms with E-state index in [1.165, 1.54) is 11.1 Å². The minimum Gasteiger partial charge on any atom is -0.486 e. The molecular weight excluding hydrogens is 450 g/mol. The number of H-pyrrole nitrogens is 1. The van der Waals surface area contributed by atoms with E-state index in [-0.39, 0.29) is 5.56 Å². The average molecular weight is 482 g/mol. The molecule has 2 aromatic carbocycles. The van der Waals surface area contributed by atoms with Gasteiger partial charge < -0.3 is 29.4 Å². The summed E-state index contributed by atoms with van der Waals surface area (Å²) in [5.74, 6) is 1.35. The molecule has 34 heavy (non-hydrogen) atoms. The predicted octanol–water partition coefficient (Wildman–Crippen LogP) is 3.56. The van der Waals surface area contributed by atoms with Crippen LogP contribution in [0.1, 0.15) is 23.1 Å². The molecular formula is C26H31N3O4S. The van der Waals surface area contributed by atoms with Gasteiger partial charge in [-0.3, -0.25) is 4.79 Å². The van der Waals surface area contributed by atoms with Gasteiger partial charge in [0.2, 0.25) is 0 Å². The molecule has 1 aromatic heterocycles. The number of rotatable bonds is 9. The quantitative estimate of drug-likeness (QED) is 0.358. The van der Waals surface area contributed by atoms with E-state index in [2.05, 4.69) is 40.3 Å². The molecule has 0 saturated heterocycles. The summed E-state index contributed by atoms with van der Waals surface area (Å²) in [6.45, 7) is 5.61. The maximum absolute atomic E-state index is 13.0. The molecule has 7 nitrogen and oxygen atoms in total. The highest BCUT2D eigenvalue weighted by atomic mass is 32.1. The summed E-state index contributed by atoms with van der Waals surface area (Å²) >= 11 is 5.72. The van der Waals surface area contributed by atoms with Crippen LogP contribution in [0.5, 0.6) is 11.5 Å². The summed E-state index contributed by atoms with van der Waals surface area (Å²) in [5.41, 5.74) is 3.76. The number of ether oxygens (including phenoxy) is 3. The van der Waals surface area contributed by atoms with Gasteiger partial charge in [-0.05, 0) is 55.2 Å². The molecule has 0 bridgehead atoms. The van der Waals surface area contributed by atoms with Crippen molar-refractivity contribution in [1.82, 2.24) is 15.2 Å². The van der Waals surface area contributed by atoms with Crippen LogP contribution in [-0.4, -0.2) is 55.0 Å². The number of hydrogen-bond acceptors (Lipinski definition) is 5. The van der Waals surface area contributed by atoms with Gasteiger partial charge in [0.05, 0.1) is 12.1 Å². The first-order valence-electron chi connectivity index (χ1n) is 11.6. The molecule has 180 valence electrons. The number of hydrogen-bond donors (Lipinski definition) is 2. The van der Waals surface area contributed by atoms with Crippen LogP contribution in [0, 0.1) is 6.92 Å². The lowest BCUT2D eigenvalue weighted by Gasteiger charge is -2.26. The first-order valence-corrected chi connectivity index (χ1v) is 12.0. The Morgan fingerprint density at radius 3 is 2.68 bits per heavy atom. The van der Waals surface area contributed by atoms with Crippen LogP contribution in [0.15, 0.2) is 47.3 Å². The summed E-state index contributed by atoms with van der Waals surface area (Å²) in [5, 5.41) is 4.85. The Morgan fingerprint density at radius 1 is 1.15 bits per heavy atom. The van der Waals surface area contributed by atoms with Gasteiger partial charge in [-0.1, -0.05) is 24.3 Å². The Bertz CT molecular complexity index is 1210. The third-order valence-electron chi connectivity index (χ3n) is 5.95. The van der Waals surface area contributed by atoms with Crippen molar-refractivity contribution in [2.24, 2.45) is 0 Å². The van der Waals surface area contributed by atoms with E-state index < -0.39 is 0 Å². The minimum atomic E-state index is -0.132. The van der Waals surface area contributed by atoms with Gasteiger partial charge in [0.1, 0.15) is 13.2 Å². The van der Waals surface area contributed by atoms with Gasteiger partial charge in [-0.15, -0.1) is 0 Å². The molecule has 3 aromatic rings. The van der Waals surface area contributed by atoms with Crippen molar-refractivity contribution >= 4 is 28.2 Å². The molecule has 0 fully saturated rings. The van der Waals surface area contributed by atoms with E-state index in [0.29, 0.717) is 61.6 Å². The molecule has 0 radical (unpaired) electrons. The first-order chi connectivity index (χ1) is 16.5. The zero-order valence-corrected chi connectivity index (χ0v) is 20.5. The van der Waals surface area contributed by atoms with E-state index in [1.807, 2.05) is 24.3 Å². The van der Waals surface area contributed by atoms with Crippen molar-refractivity contribution in [3.05, 3.63) is 69.5 Å². The van der Waals surface area contributed by atoms with Crippen molar-refractivity contribution in [2.45, 2.75) is 26.3 Å². The topological polar surface area (TPSA) is 75.8 Å². The zero-order valence-electron chi connectivity index (χ0n) is 19.7. The summed E-state index contributed by atoms with van der Waals surface area (Å²) in [6, 6.07) is 14.0. The first kappa shape index (κ1) is 24.0. The molecule has 1 aliphatic rings. The van der Waals surface area contributed by atoms with Crippen molar-refractivity contribution < 1.29 is 14.2 Å². The number of nitrogens with one attached hydrogen (secondary N) is 2. The Labute approximate surface area is 205 Å². The maximum Gasteiger partial charge on any atom is 0.253 e. The number of aromatic amines is 1. The van der Waals surface area contributed by atoms with Gasteiger partial charge >= 0.3 is 0 Å². The normalized spacial score (nSPS) is 12.5. The van der Waals surface area contributed by atoms with Crippen LogP contribution in [0.4, 0.5) is 0 Å². The van der Waals surface area contributed by atoms with Crippen molar-refractivity contribution in [1.29, 1.82) is 0 Å². The second-order valence-corrected chi connectivity index (χ2v) is 8.77. The van der Waals surface area contributed by atoms with Crippen molar-refractivity contribution in [3.63, 3.8) is 0 Å². The number of thiocarbonyl (C=S) groups is 1. The van der Waals surface area contributed by atoms with E-state index >= 15 is 0 Å². The third-order valence-corrected chi connectivity index (χ3v) is 6.35. The summed E-state index contributed by atoms with van der Waals surface area (Å²) < 4.78 is 16.5. The summed E-state index contributed by atoms with van der Waals surface area (Å²) in [4.78, 5) is 18.0. The van der Waals surface area contributed by atoms with Crippen LogP contribution >= 0.6 is 12.2 Å². The monoisotopic (exact) mass is 481 g/mol. The largest absolute Gasteiger partial charge is 0.486 e. The highest BCUT2D eigenvalue weighted by Gasteiger charge is 2.17. The fourth-order valence-corrected chi connectivity index (χ4v) is 4.29. The molecule has 0 atom stereocenters. The number of aromatic nitrogens is 1. The number of benzene rings is 2. The van der Waals surface area contributed by atoms with E-state index in [0.717, 1.165) is 23.7 Å². The fraction of sp³-hybridized carbons (Fsp3) is 0.385. The van der Waals surface area contributed by atoms with E-state index in [4.69, 9.17) is 26.4 Å². The van der Waals surface area contributed by atoms with Crippen molar-refractivity contribution in [3.8, 4) is 11.5 Å². The molecule has 2 N–H and O–H groups in total. The second kappa shape index (κ2) is 11.4. The average Bonchev–Trinajstić information content (AvgIpc) is 2.84. The van der Waals surface area contributed by atoms with Crippen LogP contribution in [0.2, 0.25) is 0 Å². The lowest BCUT2D eigenvalue weighted by atomic mass is 10.1. The van der Waals surface area contributed by atoms with E-state index in [9.17, 15) is 4.79 Å². The Balaban J connectivity index is 1.56. The smallest absolute Gasteiger partial charge is 0.253 e. The Morgan fingerprint density at radius 2 is 1.91 bits per heavy atom. The van der Waals surface area contributed by atoms with Gasteiger partial charge in [0.25, 0.3) is 5.56 Å². The number of fused-ring (bicyclic) bond motifs is 2. The maximum atomic E-state index is 13.0. The molecule has 0 unspecified atom stereocenters. The highest BCUT2D eigenvalue weighted by Crippen LogP contribution is 2.33. The number of nitrogens with zero attached hydrogens (tertiary/aromatic N) is 1. The van der Waals surface area contributed by atoms with E-state index in [1.54, 1.807) is 7.11 Å². The molecule has 0 aliphatic carbocycles. The summed E-state index contributed by atoms with van der Waals surface area (Å²) in [6.07, 6.45) is 1.68. The second-order valence-electron chi connectivity index (χ2n) is 8.38. The zero-order chi connectivity index (χ0) is 23.9. The van der Waals surface area contributed by atoms with Crippen LogP contribution in [0.25, 0.3) is 10.9 Å². The van der Waals surface area contributed by atoms with Gasteiger partial charge in [0.15, 0.2) is 16.6 Å². The molecule has 1 aliphatic heterocycles. The predicted molar refractivity (Wildman–Crippen MR) is 138 cm³/mol.